The molecule has 0 saturated heterocycles. The molecule has 0 unspecified atom stereocenters. The molecule has 0 spiro atoms. The van der Waals surface area contributed by atoms with Gasteiger partial charge in [-0.3, -0.25) is 9.10 Å². The van der Waals surface area contributed by atoms with Crippen LogP contribution in [0.5, 0.6) is 0 Å². The molecule has 3 aromatic rings. The summed E-state index contributed by atoms with van der Waals surface area (Å²) in [5, 5.41) is 2.66. The molecule has 3 rings (SSSR count). The molecule has 0 aliphatic rings. The first-order chi connectivity index (χ1) is 15.2. The van der Waals surface area contributed by atoms with Crippen LogP contribution in [0.2, 0.25) is 0 Å². The van der Waals surface area contributed by atoms with Crippen LogP contribution in [0, 0.1) is 19.7 Å². The van der Waals surface area contributed by atoms with Crippen molar-refractivity contribution in [3.8, 4) is 0 Å². The lowest BCUT2D eigenvalue weighted by molar-refractivity contribution is 0.102. The molecule has 3 aromatic carbocycles. The fourth-order valence-corrected chi connectivity index (χ4v) is 4.82. The van der Waals surface area contributed by atoms with E-state index in [9.17, 15) is 17.6 Å². The van der Waals surface area contributed by atoms with Crippen molar-refractivity contribution in [1.29, 1.82) is 0 Å². The van der Waals surface area contributed by atoms with E-state index in [2.05, 4.69) is 5.32 Å². The number of hydrogen-bond acceptors (Lipinski definition) is 3. The van der Waals surface area contributed by atoms with Crippen LogP contribution in [0.25, 0.3) is 0 Å². The summed E-state index contributed by atoms with van der Waals surface area (Å²) in [5.74, 6) is -1.08. The maximum atomic E-state index is 13.8. The van der Waals surface area contributed by atoms with Crippen molar-refractivity contribution in [3.63, 3.8) is 0 Å². The molecule has 0 saturated carbocycles. The average Bonchev–Trinajstić information content (AvgIpc) is 2.75. The van der Waals surface area contributed by atoms with Gasteiger partial charge in [-0.2, -0.15) is 0 Å². The second-order valence-corrected chi connectivity index (χ2v) is 9.73. The van der Waals surface area contributed by atoms with Gasteiger partial charge in [-0.15, -0.1) is 0 Å². The Morgan fingerprint density at radius 3 is 2.28 bits per heavy atom. The van der Waals surface area contributed by atoms with E-state index >= 15 is 0 Å². The number of amides is 1. The number of carbonyl (C=O) groups excluding carboxylic acids is 1. The molecule has 1 N–H and O–H groups in total. The lowest BCUT2D eigenvalue weighted by atomic mass is 10.1. The zero-order valence-electron chi connectivity index (χ0n) is 18.4. The Balaban J connectivity index is 1.82. The minimum Gasteiger partial charge on any atom is -0.322 e. The van der Waals surface area contributed by atoms with Gasteiger partial charge < -0.3 is 5.32 Å². The van der Waals surface area contributed by atoms with Gasteiger partial charge >= 0.3 is 0 Å². The summed E-state index contributed by atoms with van der Waals surface area (Å²) in [4.78, 5) is 12.3. The quantitative estimate of drug-likeness (QED) is 0.493. The predicted octanol–water partition coefficient (Wildman–Crippen LogP) is 5.44. The molecule has 1 amide bonds. The molecule has 168 valence electrons. The summed E-state index contributed by atoms with van der Waals surface area (Å²) >= 11 is 0. The summed E-state index contributed by atoms with van der Waals surface area (Å²) in [6.45, 7) is 5.95. The zero-order chi connectivity index (χ0) is 23.3. The molecule has 0 radical (unpaired) electrons. The van der Waals surface area contributed by atoms with Gasteiger partial charge in [0, 0.05) is 5.69 Å². The second kappa shape index (κ2) is 9.96. The maximum Gasteiger partial charge on any atom is 0.258 e. The Hall–Kier alpha value is -3.19. The molecule has 0 fully saturated rings. The van der Waals surface area contributed by atoms with Crippen LogP contribution < -0.4 is 9.62 Å². The number of anilines is 2. The maximum absolute atomic E-state index is 13.8. The highest BCUT2D eigenvalue weighted by molar-refractivity contribution is 7.92. The van der Waals surface area contributed by atoms with Crippen molar-refractivity contribution >= 4 is 27.3 Å². The Kier molecular flexibility index (Phi) is 7.30. The van der Waals surface area contributed by atoms with E-state index in [1.54, 1.807) is 30.3 Å². The minimum atomic E-state index is -3.50. The first kappa shape index (κ1) is 23.5. The van der Waals surface area contributed by atoms with Gasteiger partial charge in [0.05, 0.1) is 23.5 Å². The molecular formula is C25H27FN2O3S. The fourth-order valence-electron chi connectivity index (χ4n) is 3.30. The number of nitrogens with one attached hydrogen (secondary N) is 1. The van der Waals surface area contributed by atoms with Gasteiger partial charge in [0.25, 0.3) is 5.91 Å². The van der Waals surface area contributed by atoms with Crippen molar-refractivity contribution < 1.29 is 17.6 Å². The molecular weight excluding hydrogens is 427 g/mol. The first-order valence-electron chi connectivity index (χ1n) is 10.4. The zero-order valence-corrected chi connectivity index (χ0v) is 19.2. The highest BCUT2D eigenvalue weighted by Crippen LogP contribution is 2.25. The molecule has 0 heterocycles. The van der Waals surface area contributed by atoms with Gasteiger partial charge in [-0.1, -0.05) is 37.3 Å². The molecule has 0 aromatic heterocycles. The molecule has 32 heavy (non-hydrogen) atoms. The molecule has 7 heteroatoms. The highest BCUT2D eigenvalue weighted by atomic mass is 32.2. The minimum absolute atomic E-state index is 0.0387. The van der Waals surface area contributed by atoms with Gasteiger partial charge in [-0.25, -0.2) is 12.8 Å². The average molecular weight is 455 g/mol. The summed E-state index contributed by atoms with van der Waals surface area (Å²) < 4.78 is 41.2. The first-order valence-corrected chi connectivity index (χ1v) is 12.0. The lowest BCUT2D eigenvalue weighted by Crippen LogP contribution is -2.32. The van der Waals surface area contributed by atoms with E-state index in [1.807, 2.05) is 39.0 Å². The molecule has 0 aliphatic heterocycles. The number of sulfonamides is 1. The Morgan fingerprint density at radius 1 is 0.969 bits per heavy atom. The topological polar surface area (TPSA) is 66.5 Å². The van der Waals surface area contributed by atoms with E-state index in [1.165, 1.54) is 22.5 Å². The molecule has 0 bridgehead atoms. The number of hydrogen-bond donors (Lipinski definition) is 1. The van der Waals surface area contributed by atoms with Crippen molar-refractivity contribution in [1.82, 2.24) is 0 Å². The summed E-state index contributed by atoms with van der Waals surface area (Å²) in [7, 11) is -3.50. The van der Waals surface area contributed by atoms with E-state index in [4.69, 9.17) is 0 Å². The van der Waals surface area contributed by atoms with Crippen LogP contribution in [0.3, 0.4) is 0 Å². The fraction of sp³-hybridized carbons (Fsp3) is 0.240. The van der Waals surface area contributed by atoms with Crippen LogP contribution in [0.1, 0.15) is 40.4 Å². The standard InChI is InChI=1S/C25H27FN2O3S/c1-4-15-32(30,31)28(22-14-9-18(2)19(3)16-22)17-20-10-12-21(13-11-20)27-25(29)23-7-5-6-8-24(23)26/h5-14,16H,4,15,17H2,1-3H3,(H,27,29). The molecule has 0 aliphatic carbocycles. The van der Waals surface area contributed by atoms with Crippen LogP contribution in [0.15, 0.2) is 66.7 Å². The lowest BCUT2D eigenvalue weighted by Gasteiger charge is -2.25. The monoisotopic (exact) mass is 454 g/mol. The van der Waals surface area contributed by atoms with Crippen LogP contribution in [0.4, 0.5) is 15.8 Å². The number of rotatable bonds is 8. The van der Waals surface area contributed by atoms with Crippen molar-refractivity contribution in [2.45, 2.75) is 33.7 Å². The normalized spacial score (nSPS) is 11.2. The number of nitrogens with zero attached hydrogens (tertiary/aromatic N) is 1. The summed E-state index contributed by atoms with van der Waals surface area (Å²) in [6, 6.07) is 18.3. The van der Waals surface area contributed by atoms with Gasteiger partial charge in [-0.05, 0) is 73.4 Å². The van der Waals surface area contributed by atoms with Crippen LogP contribution >= 0.6 is 0 Å². The Labute approximate surface area is 188 Å². The third-order valence-electron chi connectivity index (χ3n) is 5.23. The Bertz CT molecular complexity index is 1210. The van der Waals surface area contributed by atoms with Gasteiger partial charge in [0.2, 0.25) is 10.0 Å². The molecule has 0 atom stereocenters. The van der Waals surface area contributed by atoms with Crippen LogP contribution in [-0.4, -0.2) is 20.1 Å². The number of aryl methyl sites for hydroxylation is 2. The smallest absolute Gasteiger partial charge is 0.258 e. The van der Waals surface area contributed by atoms with Gasteiger partial charge in [0.1, 0.15) is 5.82 Å². The largest absolute Gasteiger partial charge is 0.322 e. The highest BCUT2D eigenvalue weighted by Gasteiger charge is 2.22. The second-order valence-electron chi connectivity index (χ2n) is 7.72. The number of carbonyl (C=O) groups is 1. The van der Waals surface area contributed by atoms with E-state index in [0.717, 1.165) is 16.7 Å². The summed E-state index contributed by atoms with van der Waals surface area (Å²) in [5.41, 5.74) is 3.96. The van der Waals surface area contributed by atoms with E-state index in [-0.39, 0.29) is 17.9 Å². The van der Waals surface area contributed by atoms with Crippen molar-refractivity contribution in [2.75, 3.05) is 15.4 Å². The third-order valence-corrected chi connectivity index (χ3v) is 7.17. The van der Waals surface area contributed by atoms with Crippen molar-refractivity contribution in [2.24, 2.45) is 0 Å². The predicted molar refractivity (Wildman–Crippen MR) is 127 cm³/mol. The third kappa shape index (κ3) is 5.53. The van der Waals surface area contributed by atoms with Crippen LogP contribution in [-0.2, 0) is 16.6 Å². The summed E-state index contributed by atoms with van der Waals surface area (Å²) in [6.07, 6.45) is 0.519. The molecule has 5 nitrogen and oxygen atoms in total. The number of halogens is 1. The SMILES string of the molecule is CCCS(=O)(=O)N(Cc1ccc(NC(=O)c2ccccc2F)cc1)c1ccc(C)c(C)c1. The van der Waals surface area contributed by atoms with Gasteiger partial charge in [0.15, 0.2) is 0 Å². The number of benzene rings is 3. The Morgan fingerprint density at radius 2 is 1.66 bits per heavy atom. The van der Waals surface area contributed by atoms with E-state index in [0.29, 0.717) is 17.8 Å². The van der Waals surface area contributed by atoms with Crippen molar-refractivity contribution in [3.05, 3.63) is 94.8 Å². The van der Waals surface area contributed by atoms with E-state index < -0.39 is 21.7 Å².